The van der Waals surface area contributed by atoms with Crippen LogP contribution in [0.2, 0.25) is 0 Å². The van der Waals surface area contributed by atoms with E-state index in [1.807, 2.05) is 0 Å². The summed E-state index contributed by atoms with van der Waals surface area (Å²) in [7, 11) is 1.44. The number of aromatic amines is 1. The minimum Gasteiger partial charge on any atom is -0.493 e. The van der Waals surface area contributed by atoms with Gasteiger partial charge in [-0.25, -0.2) is 9.78 Å². The normalized spacial score (nSPS) is 10.3. The van der Waals surface area contributed by atoms with Gasteiger partial charge >= 0.3 is 5.97 Å². The fourth-order valence-electron chi connectivity index (χ4n) is 2.19. The van der Waals surface area contributed by atoms with E-state index in [1.54, 1.807) is 24.3 Å². The maximum Gasteiger partial charge on any atom is 0.354 e. The van der Waals surface area contributed by atoms with Crippen molar-refractivity contribution in [2.24, 2.45) is 0 Å². The monoisotopic (exact) mass is 355 g/mol. The molecule has 0 saturated carbocycles. The number of methoxy groups -OCH3 is 1. The Labute approximate surface area is 146 Å². The lowest BCUT2D eigenvalue weighted by Crippen LogP contribution is -2.12. The molecular weight excluding hydrogens is 342 g/mol. The van der Waals surface area contributed by atoms with Gasteiger partial charge in [0.05, 0.1) is 7.11 Å². The highest BCUT2D eigenvalue weighted by Gasteiger charge is 2.17. The van der Waals surface area contributed by atoms with Gasteiger partial charge in [-0.3, -0.25) is 4.79 Å². The van der Waals surface area contributed by atoms with Crippen LogP contribution in [0, 0.1) is 0 Å². The molecule has 0 aliphatic carbocycles. The van der Waals surface area contributed by atoms with Crippen molar-refractivity contribution < 1.29 is 24.5 Å². The highest BCUT2D eigenvalue weighted by Crippen LogP contribution is 2.33. The second-order valence-electron chi connectivity index (χ2n) is 5.06. The van der Waals surface area contributed by atoms with Gasteiger partial charge in [-0.1, -0.05) is 12.1 Å². The summed E-state index contributed by atoms with van der Waals surface area (Å²) in [5.41, 5.74) is -0.695. The molecule has 0 fully saturated rings. The molecule has 0 atom stereocenters. The minimum absolute atomic E-state index is 0.0234. The molecule has 9 heteroatoms. The Morgan fingerprint density at radius 2 is 1.92 bits per heavy atom. The molecule has 0 bridgehead atoms. The SMILES string of the molecule is COc1ccccc1Oc1c(O)nc(-c2ccnc(C(=O)O)c2)[nH]c1=O. The topological polar surface area (TPSA) is 135 Å². The summed E-state index contributed by atoms with van der Waals surface area (Å²) in [4.78, 5) is 33.3. The molecular formula is C17H13N3O6. The van der Waals surface area contributed by atoms with Crippen LogP contribution in [0.5, 0.6) is 23.1 Å². The number of pyridine rings is 1. The number of aromatic carboxylic acids is 1. The molecule has 3 N–H and O–H groups in total. The number of para-hydroxylation sites is 2. The number of nitrogens with one attached hydrogen (secondary N) is 1. The standard InChI is InChI=1S/C17H13N3O6/c1-25-11-4-2-3-5-12(11)26-13-15(21)19-14(20-16(13)22)9-6-7-18-10(8-9)17(23)24/h2-8H,1H3,(H,23,24)(H2,19,20,21,22). The Bertz CT molecular complexity index is 1030. The van der Waals surface area contributed by atoms with Crippen molar-refractivity contribution in [1.82, 2.24) is 15.0 Å². The Balaban J connectivity index is 2.00. The van der Waals surface area contributed by atoms with E-state index in [2.05, 4.69) is 15.0 Å². The predicted octanol–water partition coefficient (Wildman–Crippen LogP) is 2.04. The zero-order chi connectivity index (χ0) is 18.7. The molecule has 26 heavy (non-hydrogen) atoms. The molecule has 0 aliphatic heterocycles. The molecule has 2 aromatic heterocycles. The van der Waals surface area contributed by atoms with Crippen molar-refractivity contribution in [3.8, 4) is 34.5 Å². The van der Waals surface area contributed by atoms with Crippen LogP contribution in [0.4, 0.5) is 0 Å². The van der Waals surface area contributed by atoms with Crippen LogP contribution < -0.4 is 15.0 Å². The number of carbonyl (C=O) groups is 1. The highest BCUT2D eigenvalue weighted by atomic mass is 16.5. The number of carboxylic acid groups (broad SMARTS) is 1. The lowest BCUT2D eigenvalue weighted by molar-refractivity contribution is 0.0690. The smallest absolute Gasteiger partial charge is 0.354 e. The largest absolute Gasteiger partial charge is 0.493 e. The summed E-state index contributed by atoms with van der Waals surface area (Å²) >= 11 is 0. The first-order chi connectivity index (χ1) is 12.5. The van der Waals surface area contributed by atoms with E-state index in [9.17, 15) is 14.7 Å². The lowest BCUT2D eigenvalue weighted by Gasteiger charge is -2.10. The highest BCUT2D eigenvalue weighted by molar-refractivity contribution is 5.86. The lowest BCUT2D eigenvalue weighted by atomic mass is 10.2. The quantitative estimate of drug-likeness (QED) is 0.633. The molecule has 0 aliphatic rings. The molecule has 3 rings (SSSR count). The van der Waals surface area contributed by atoms with Gasteiger partial charge in [0.2, 0.25) is 0 Å². The van der Waals surface area contributed by atoms with E-state index in [-0.39, 0.29) is 22.8 Å². The number of aromatic nitrogens is 3. The van der Waals surface area contributed by atoms with Crippen LogP contribution in [0.1, 0.15) is 10.5 Å². The Kier molecular flexibility index (Phi) is 4.52. The number of aromatic hydroxyl groups is 1. The van der Waals surface area contributed by atoms with Crippen molar-refractivity contribution in [1.29, 1.82) is 0 Å². The number of hydrogen-bond acceptors (Lipinski definition) is 7. The van der Waals surface area contributed by atoms with Crippen LogP contribution in [0.3, 0.4) is 0 Å². The molecule has 0 spiro atoms. The first-order valence-corrected chi connectivity index (χ1v) is 7.33. The van der Waals surface area contributed by atoms with Crippen molar-refractivity contribution in [3.05, 3.63) is 58.6 Å². The number of H-pyrrole nitrogens is 1. The van der Waals surface area contributed by atoms with Gasteiger partial charge in [0.25, 0.3) is 17.2 Å². The van der Waals surface area contributed by atoms with Crippen molar-refractivity contribution >= 4 is 5.97 Å². The Morgan fingerprint density at radius 3 is 2.58 bits per heavy atom. The van der Waals surface area contributed by atoms with Gasteiger partial charge in [0.1, 0.15) is 11.5 Å². The molecule has 132 valence electrons. The van der Waals surface area contributed by atoms with E-state index in [0.29, 0.717) is 5.75 Å². The third kappa shape index (κ3) is 3.31. The summed E-state index contributed by atoms with van der Waals surface area (Å²) in [6, 6.07) is 9.27. The van der Waals surface area contributed by atoms with Gasteiger partial charge in [-0.15, -0.1) is 0 Å². The van der Waals surface area contributed by atoms with Crippen molar-refractivity contribution in [2.75, 3.05) is 7.11 Å². The maximum absolute atomic E-state index is 12.3. The molecule has 9 nitrogen and oxygen atoms in total. The van der Waals surface area contributed by atoms with E-state index >= 15 is 0 Å². The van der Waals surface area contributed by atoms with E-state index in [0.717, 1.165) is 0 Å². The van der Waals surface area contributed by atoms with Crippen LogP contribution in [-0.4, -0.2) is 38.2 Å². The first kappa shape index (κ1) is 17.0. The summed E-state index contributed by atoms with van der Waals surface area (Å²) < 4.78 is 10.6. The Morgan fingerprint density at radius 1 is 1.19 bits per heavy atom. The molecule has 0 unspecified atom stereocenters. The van der Waals surface area contributed by atoms with Gasteiger partial charge in [-0.05, 0) is 24.3 Å². The van der Waals surface area contributed by atoms with Crippen molar-refractivity contribution in [2.45, 2.75) is 0 Å². The molecule has 2 heterocycles. The molecule has 0 amide bonds. The van der Waals surface area contributed by atoms with E-state index < -0.39 is 23.2 Å². The number of nitrogens with zero attached hydrogens (tertiary/aromatic N) is 2. The average Bonchev–Trinajstić information content (AvgIpc) is 2.65. The minimum atomic E-state index is -1.23. The number of rotatable bonds is 5. The molecule has 0 saturated heterocycles. The molecule has 1 aromatic carbocycles. The van der Waals surface area contributed by atoms with Crippen molar-refractivity contribution in [3.63, 3.8) is 0 Å². The third-order valence-corrected chi connectivity index (χ3v) is 3.39. The number of carboxylic acids is 1. The first-order valence-electron chi connectivity index (χ1n) is 7.33. The predicted molar refractivity (Wildman–Crippen MR) is 89.8 cm³/mol. The van der Waals surface area contributed by atoms with E-state index in [1.165, 1.54) is 25.4 Å². The summed E-state index contributed by atoms with van der Waals surface area (Å²) in [6.07, 6.45) is 1.26. The maximum atomic E-state index is 12.3. The van der Waals surface area contributed by atoms with Crippen LogP contribution >= 0.6 is 0 Å². The van der Waals surface area contributed by atoms with Crippen LogP contribution in [0.25, 0.3) is 11.4 Å². The fourth-order valence-corrected chi connectivity index (χ4v) is 2.19. The summed E-state index contributed by atoms with van der Waals surface area (Å²) in [5.74, 6) is -1.72. The van der Waals surface area contributed by atoms with E-state index in [4.69, 9.17) is 14.6 Å². The second kappa shape index (κ2) is 6.93. The summed E-state index contributed by atoms with van der Waals surface area (Å²) in [6.45, 7) is 0. The van der Waals surface area contributed by atoms with Gasteiger partial charge < -0.3 is 24.7 Å². The molecule has 0 radical (unpaired) electrons. The number of benzene rings is 1. The van der Waals surface area contributed by atoms with Crippen LogP contribution in [0.15, 0.2) is 47.4 Å². The molecule has 3 aromatic rings. The second-order valence-corrected chi connectivity index (χ2v) is 5.06. The fraction of sp³-hybridized carbons (Fsp3) is 0.0588. The average molecular weight is 355 g/mol. The number of ether oxygens (including phenoxy) is 2. The summed E-state index contributed by atoms with van der Waals surface area (Å²) in [5, 5.41) is 19.1. The number of hydrogen-bond donors (Lipinski definition) is 3. The van der Waals surface area contributed by atoms with Gasteiger partial charge in [-0.2, -0.15) is 4.98 Å². The van der Waals surface area contributed by atoms with Gasteiger partial charge in [0, 0.05) is 11.8 Å². The zero-order valence-electron chi connectivity index (χ0n) is 13.5. The third-order valence-electron chi connectivity index (χ3n) is 3.39. The zero-order valence-corrected chi connectivity index (χ0v) is 13.5. The Hall–Kier alpha value is -3.88. The van der Waals surface area contributed by atoms with Crippen LogP contribution in [-0.2, 0) is 0 Å². The van der Waals surface area contributed by atoms with Gasteiger partial charge in [0.15, 0.2) is 11.5 Å².